The van der Waals surface area contributed by atoms with Crippen LogP contribution >= 0.6 is 11.6 Å². The van der Waals surface area contributed by atoms with Gasteiger partial charge < -0.3 is 14.8 Å². The van der Waals surface area contributed by atoms with E-state index in [1.807, 2.05) is 24.3 Å². The summed E-state index contributed by atoms with van der Waals surface area (Å²) in [6, 6.07) is 7.98. The lowest BCUT2D eigenvalue weighted by Gasteiger charge is -2.44. The van der Waals surface area contributed by atoms with Gasteiger partial charge in [-0.15, -0.1) is 0 Å². The Morgan fingerprint density at radius 1 is 1.32 bits per heavy atom. The predicted molar refractivity (Wildman–Crippen MR) is 78.0 cm³/mol. The van der Waals surface area contributed by atoms with Crippen LogP contribution in [0.3, 0.4) is 0 Å². The zero-order valence-electron chi connectivity index (χ0n) is 11.6. The number of ether oxygens (including phenoxy) is 2. The first-order valence-electron chi connectivity index (χ1n) is 7.02. The van der Waals surface area contributed by atoms with Gasteiger partial charge in [-0.05, 0) is 25.1 Å². The molecule has 0 amide bonds. The normalized spacial score (nSPS) is 25.9. The number of hydrogen-bond donors (Lipinski definition) is 1. The van der Waals surface area contributed by atoms with Gasteiger partial charge in [0, 0.05) is 19.1 Å². The Morgan fingerprint density at radius 3 is 2.79 bits per heavy atom. The van der Waals surface area contributed by atoms with Crippen molar-refractivity contribution < 1.29 is 9.47 Å². The van der Waals surface area contributed by atoms with Gasteiger partial charge >= 0.3 is 0 Å². The molecule has 0 spiro atoms. The van der Waals surface area contributed by atoms with E-state index in [-0.39, 0.29) is 12.2 Å². The second-order valence-corrected chi connectivity index (χ2v) is 5.23. The molecular weight excluding hydrogens is 262 g/mol. The van der Waals surface area contributed by atoms with Crippen molar-refractivity contribution in [2.75, 3.05) is 13.2 Å². The number of likely N-dealkylation sites (N-methyl/N-ethyl adjacent to an activating group) is 1. The first-order chi connectivity index (χ1) is 9.26. The Labute approximate surface area is 120 Å². The zero-order chi connectivity index (χ0) is 13.7. The summed E-state index contributed by atoms with van der Waals surface area (Å²) in [5.41, 5.74) is 0. The molecule has 3 unspecified atom stereocenters. The number of benzene rings is 1. The maximum Gasteiger partial charge on any atom is 0.138 e. The highest BCUT2D eigenvalue weighted by Gasteiger charge is 2.43. The fourth-order valence-electron chi connectivity index (χ4n) is 2.34. The number of nitrogens with one attached hydrogen (secondary N) is 1. The molecule has 0 aliphatic heterocycles. The molecule has 0 heterocycles. The average molecular weight is 284 g/mol. The second-order valence-electron chi connectivity index (χ2n) is 4.82. The summed E-state index contributed by atoms with van der Waals surface area (Å²) in [6.45, 7) is 5.95. The van der Waals surface area contributed by atoms with E-state index in [9.17, 15) is 0 Å². The highest BCUT2D eigenvalue weighted by atomic mass is 35.5. The van der Waals surface area contributed by atoms with Gasteiger partial charge in [-0.1, -0.05) is 37.6 Å². The predicted octanol–water partition coefficient (Wildman–Crippen LogP) is 3.26. The molecule has 0 saturated heterocycles. The second kappa shape index (κ2) is 7.13. The van der Waals surface area contributed by atoms with Crippen molar-refractivity contribution >= 4 is 11.6 Å². The molecule has 1 aliphatic carbocycles. The lowest BCUT2D eigenvalue weighted by atomic mass is 9.85. The minimum atomic E-state index is 0.0931. The fourth-order valence-corrected chi connectivity index (χ4v) is 2.52. The molecule has 1 aromatic carbocycles. The van der Waals surface area contributed by atoms with E-state index in [0.717, 1.165) is 31.7 Å². The van der Waals surface area contributed by atoms with Crippen LogP contribution in [0, 0.1) is 0 Å². The van der Waals surface area contributed by atoms with E-state index in [1.165, 1.54) is 0 Å². The molecule has 1 saturated carbocycles. The van der Waals surface area contributed by atoms with E-state index >= 15 is 0 Å². The molecule has 0 bridgehead atoms. The van der Waals surface area contributed by atoms with Crippen LogP contribution in [0.4, 0.5) is 0 Å². The van der Waals surface area contributed by atoms with Gasteiger partial charge in [0.15, 0.2) is 0 Å². The largest absolute Gasteiger partial charge is 0.486 e. The maximum absolute atomic E-state index is 6.12. The molecule has 1 fully saturated rings. The summed E-state index contributed by atoms with van der Waals surface area (Å²) >= 11 is 6.12. The van der Waals surface area contributed by atoms with E-state index < -0.39 is 0 Å². The zero-order valence-corrected chi connectivity index (χ0v) is 12.3. The van der Waals surface area contributed by atoms with E-state index in [0.29, 0.717) is 11.1 Å². The van der Waals surface area contributed by atoms with Crippen molar-refractivity contribution in [3.05, 3.63) is 29.3 Å². The molecule has 3 nitrogen and oxygen atoms in total. The Balaban J connectivity index is 1.94. The van der Waals surface area contributed by atoms with Crippen LogP contribution in [0.5, 0.6) is 5.75 Å². The molecule has 106 valence electrons. The van der Waals surface area contributed by atoms with Crippen LogP contribution in [0.25, 0.3) is 0 Å². The minimum absolute atomic E-state index is 0.0931. The van der Waals surface area contributed by atoms with Gasteiger partial charge in [-0.25, -0.2) is 0 Å². The van der Waals surface area contributed by atoms with Crippen molar-refractivity contribution in [3.63, 3.8) is 0 Å². The van der Waals surface area contributed by atoms with Crippen molar-refractivity contribution in [2.24, 2.45) is 0 Å². The molecule has 0 aromatic heterocycles. The first kappa shape index (κ1) is 14.6. The van der Waals surface area contributed by atoms with E-state index in [4.69, 9.17) is 21.1 Å². The molecule has 1 aromatic rings. The van der Waals surface area contributed by atoms with Gasteiger partial charge in [-0.3, -0.25) is 0 Å². The van der Waals surface area contributed by atoms with Crippen LogP contribution in [0.2, 0.25) is 5.02 Å². The number of halogens is 1. The molecule has 1 N–H and O–H groups in total. The standard InChI is InChI=1S/C15H22ClNO2/c1-3-9-18-15-12(17-4-2)10-14(15)19-13-8-6-5-7-11(13)16/h5-8,12,14-15,17H,3-4,9-10H2,1-2H3. The smallest absolute Gasteiger partial charge is 0.138 e. The number of rotatable bonds is 7. The monoisotopic (exact) mass is 283 g/mol. The van der Waals surface area contributed by atoms with Crippen molar-refractivity contribution in [2.45, 2.75) is 44.9 Å². The molecule has 4 heteroatoms. The van der Waals surface area contributed by atoms with E-state index in [1.54, 1.807) is 0 Å². The van der Waals surface area contributed by atoms with Crippen LogP contribution in [0.1, 0.15) is 26.7 Å². The van der Waals surface area contributed by atoms with E-state index in [2.05, 4.69) is 19.2 Å². The van der Waals surface area contributed by atoms with Crippen LogP contribution in [-0.4, -0.2) is 31.4 Å². The molecule has 19 heavy (non-hydrogen) atoms. The quantitative estimate of drug-likeness (QED) is 0.833. The fraction of sp³-hybridized carbons (Fsp3) is 0.600. The van der Waals surface area contributed by atoms with Crippen LogP contribution in [-0.2, 0) is 4.74 Å². The lowest BCUT2D eigenvalue weighted by molar-refractivity contribution is -0.107. The Morgan fingerprint density at radius 2 is 2.11 bits per heavy atom. The topological polar surface area (TPSA) is 30.5 Å². The summed E-state index contributed by atoms with van der Waals surface area (Å²) in [5.74, 6) is 0.745. The molecule has 0 radical (unpaired) electrons. The number of hydrogen-bond acceptors (Lipinski definition) is 3. The highest BCUT2D eigenvalue weighted by Crippen LogP contribution is 2.32. The minimum Gasteiger partial charge on any atom is -0.486 e. The third-order valence-electron chi connectivity index (χ3n) is 3.34. The van der Waals surface area contributed by atoms with Gasteiger partial charge in [0.05, 0.1) is 5.02 Å². The van der Waals surface area contributed by atoms with Gasteiger partial charge in [0.1, 0.15) is 18.0 Å². The van der Waals surface area contributed by atoms with Crippen LogP contribution in [0.15, 0.2) is 24.3 Å². The van der Waals surface area contributed by atoms with Gasteiger partial charge in [-0.2, -0.15) is 0 Å². The maximum atomic E-state index is 6.12. The van der Waals surface area contributed by atoms with Crippen molar-refractivity contribution in [1.82, 2.24) is 5.32 Å². The van der Waals surface area contributed by atoms with Crippen molar-refractivity contribution in [1.29, 1.82) is 0 Å². The third-order valence-corrected chi connectivity index (χ3v) is 3.66. The summed E-state index contributed by atoms with van der Waals surface area (Å²) in [6.07, 6.45) is 2.20. The summed E-state index contributed by atoms with van der Waals surface area (Å²) in [5, 5.41) is 4.09. The van der Waals surface area contributed by atoms with Gasteiger partial charge in [0.2, 0.25) is 0 Å². The first-order valence-corrected chi connectivity index (χ1v) is 7.40. The average Bonchev–Trinajstić information content (AvgIpc) is 2.40. The Hall–Kier alpha value is -0.770. The lowest BCUT2D eigenvalue weighted by Crippen LogP contribution is -2.61. The summed E-state index contributed by atoms with van der Waals surface area (Å²) < 4.78 is 11.9. The highest BCUT2D eigenvalue weighted by molar-refractivity contribution is 6.32. The molecule has 3 atom stereocenters. The molecule has 1 aliphatic rings. The van der Waals surface area contributed by atoms with Crippen LogP contribution < -0.4 is 10.1 Å². The summed E-state index contributed by atoms with van der Waals surface area (Å²) in [4.78, 5) is 0. The summed E-state index contributed by atoms with van der Waals surface area (Å²) in [7, 11) is 0. The molecule has 2 rings (SSSR count). The van der Waals surface area contributed by atoms with Crippen molar-refractivity contribution in [3.8, 4) is 5.75 Å². The Kier molecular flexibility index (Phi) is 5.49. The van der Waals surface area contributed by atoms with Gasteiger partial charge in [0.25, 0.3) is 0 Å². The molecular formula is C15H22ClNO2. The number of para-hydroxylation sites is 1. The Bertz CT molecular complexity index is 399. The SMILES string of the molecule is CCCOC1C(NCC)CC1Oc1ccccc1Cl. The third kappa shape index (κ3) is 3.62.